The molecule has 0 aromatic rings. The summed E-state index contributed by atoms with van der Waals surface area (Å²) in [7, 11) is 2.02. The van der Waals surface area contributed by atoms with E-state index in [2.05, 4.69) is 9.80 Å². The van der Waals surface area contributed by atoms with Gasteiger partial charge in [-0.05, 0) is 12.2 Å². The quantitative estimate of drug-likeness (QED) is 0.607. The van der Waals surface area contributed by atoms with Crippen molar-refractivity contribution in [1.29, 1.82) is 0 Å². The molecule has 3 heteroatoms. The zero-order valence-corrected chi connectivity index (χ0v) is 7.65. The molecule has 2 aliphatic rings. The molecule has 1 unspecified atom stereocenters. The van der Waals surface area contributed by atoms with Crippen molar-refractivity contribution >= 4 is 0 Å². The fraction of sp³-hybridized carbons (Fsp3) is 0.400. The van der Waals surface area contributed by atoms with Crippen LogP contribution >= 0.6 is 0 Å². The molecular weight excluding hydrogens is 167 g/mol. The van der Waals surface area contributed by atoms with Crippen molar-refractivity contribution in [2.24, 2.45) is 0 Å². The lowest BCUT2D eigenvalue weighted by Gasteiger charge is -2.21. The van der Waals surface area contributed by atoms with Crippen LogP contribution < -0.4 is 0 Å². The summed E-state index contributed by atoms with van der Waals surface area (Å²) in [5.74, 6) is 0. The van der Waals surface area contributed by atoms with Gasteiger partial charge in [0.1, 0.15) is 6.17 Å². The van der Waals surface area contributed by atoms with Crippen molar-refractivity contribution in [1.82, 2.24) is 9.80 Å². The number of alkyl halides is 1. The summed E-state index contributed by atoms with van der Waals surface area (Å²) in [6.07, 6.45) is 9.12. The van der Waals surface area contributed by atoms with Gasteiger partial charge in [0.2, 0.25) is 0 Å². The smallest absolute Gasteiger partial charge is 0.122 e. The minimum absolute atomic E-state index is 0.500. The average molecular weight is 180 g/mol. The first-order valence-electron chi connectivity index (χ1n) is 4.43. The zero-order valence-electron chi connectivity index (χ0n) is 7.65. The Bertz CT molecular complexity index is 281. The van der Waals surface area contributed by atoms with E-state index in [0.29, 0.717) is 6.42 Å². The van der Waals surface area contributed by atoms with Crippen LogP contribution in [0.4, 0.5) is 4.39 Å². The molecule has 0 saturated carbocycles. The van der Waals surface area contributed by atoms with Gasteiger partial charge in [-0.3, -0.25) is 0 Å². The Morgan fingerprint density at radius 3 is 2.85 bits per heavy atom. The molecule has 1 atom stereocenters. The van der Waals surface area contributed by atoms with E-state index in [1.165, 1.54) is 0 Å². The minimum Gasteiger partial charge on any atom is -0.361 e. The Balaban J connectivity index is 2.03. The highest BCUT2D eigenvalue weighted by atomic mass is 19.1. The molecule has 0 aromatic carbocycles. The van der Waals surface area contributed by atoms with Crippen LogP contribution in [0.2, 0.25) is 0 Å². The number of hydrogen-bond donors (Lipinski definition) is 0. The molecule has 70 valence electrons. The SMILES string of the molecule is CN1C=CN(C2=CCC(F)C=C2)C1. The van der Waals surface area contributed by atoms with Crippen LogP contribution in [-0.4, -0.2) is 29.7 Å². The van der Waals surface area contributed by atoms with Gasteiger partial charge >= 0.3 is 0 Å². The molecule has 0 bridgehead atoms. The second kappa shape index (κ2) is 3.24. The second-order valence-corrected chi connectivity index (χ2v) is 3.41. The van der Waals surface area contributed by atoms with Crippen molar-refractivity contribution < 1.29 is 4.39 Å². The van der Waals surface area contributed by atoms with E-state index in [1.54, 1.807) is 6.08 Å². The molecule has 0 aromatic heterocycles. The molecule has 13 heavy (non-hydrogen) atoms. The van der Waals surface area contributed by atoms with Crippen LogP contribution in [0.15, 0.2) is 36.3 Å². The fourth-order valence-electron chi connectivity index (χ4n) is 1.49. The van der Waals surface area contributed by atoms with E-state index in [0.717, 1.165) is 12.4 Å². The minimum atomic E-state index is -0.798. The van der Waals surface area contributed by atoms with Gasteiger partial charge in [0.05, 0.1) is 6.67 Å². The number of hydrogen-bond acceptors (Lipinski definition) is 2. The fourth-order valence-corrected chi connectivity index (χ4v) is 1.49. The second-order valence-electron chi connectivity index (χ2n) is 3.41. The summed E-state index contributed by atoms with van der Waals surface area (Å²) in [6.45, 7) is 0.854. The van der Waals surface area contributed by atoms with Gasteiger partial charge in [-0.15, -0.1) is 0 Å². The summed E-state index contributed by atoms with van der Waals surface area (Å²) >= 11 is 0. The van der Waals surface area contributed by atoms with Gasteiger partial charge in [0, 0.05) is 31.6 Å². The Morgan fingerprint density at radius 1 is 1.46 bits per heavy atom. The molecule has 0 saturated heterocycles. The van der Waals surface area contributed by atoms with Gasteiger partial charge in [0.25, 0.3) is 0 Å². The molecular formula is C10H13FN2. The summed E-state index contributed by atoms with van der Waals surface area (Å²) < 4.78 is 12.7. The predicted molar refractivity (Wildman–Crippen MR) is 50.3 cm³/mol. The maximum Gasteiger partial charge on any atom is 0.122 e. The lowest BCUT2D eigenvalue weighted by molar-refractivity contribution is 0.343. The van der Waals surface area contributed by atoms with E-state index in [9.17, 15) is 4.39 Å². The standard InChI is InChI=1S/C10H13FN2/c1-12-6-7-13(8-12)10-4-2-9(11)3-5-10/h2,4-7,9H,3,8H2,1H3. The first kappa shape index (κ1) is 8.35. The van der Waals surface area contributed by atoms with E-state index >= 15 is 0 Å². The van der Waals surface area contributed by atoms with Crippen LogP contribution in [0.3, 0.4) is 0 Å². The van der Waals surface area contributed by atoms with Crippen molar-refractivity contribution in [3.05, 3.63) is 36.3 Å². The summed E-state index contributed by atoms with van der Waals surface area (Å²) in [5, 5.41) is 0. The van der Waals surface area contributed by atoms with Crippen LogP contribution in [0, 0.1) is 0 Å². The number of nitrogens with zero attached hydrogens (tertiary/aromatic N) is 2. The van der Waals surface area contributed by atoms with Gasteiger partial charge in [-0.25, -0.2) is 4.39 Å². The van der Waals surface area contributed by atoms with Crippen LogP contribution in [-0.2, 0) is 0 Å². The Kier molecular flexibility index (Phi) is 2.08. The predicted octanol–water partition coefficient (Wildman–Crippen LogP) is 1.84. The highest BCUT2D eigenvalue weighted by molar-refractivity contribution is 5.25. The molecule has 0 spiro atoms. The third-order valence-corrected chi connectivity index (χ3v) is 2.24. The summed E-state index contributed by atoms with van der Waals surface area (Å²) in [5.41, 5.74) is 1.09. The topological polar surface area (TPSA) is 6.48 Å². The molecule has 0 amide bonds. The number of rotatable bonds is 1. The van der Waals surface area contributed by atoms with Gasteiger partial charge in [0.15, 0.2) is 0 Å². The van der Waals surface area contributed by atoms with E-state index in [-0.39, 0.29) is 0 Å². The lowest BCUT2D eigenvalue weighted by Crippen LogP contribution is -2.22. The summed E-state index contributed by atoms with van der Waals surface area (Å²) in [6, 6.07) is 0. The first-order valence-corrected chi connectivity index (χ1v) is 4.43. The lowest BCUT2D eigenvalue weighted by atomic mass is 10.1. The van der Waals surface area contributed by atoms with Crippen molar-refractivity contribution in [2.45, 2.75) is 12.6 Å². The van der Waals surface area contributed by atoms with Crippen LogP contribution in [0.1, 0.15) is 6.42 Å². The number of halogens is 1. The molecule has 0 fully saturated rings. The molecule has 2 rings (SSSR count). The van der Waals surface area contributed by atoms with E-state index in [1.807, 2.05) is 31.6 Å². The Morgan fingerprint density at radius 2 is 2.31 bits per heavy atom. The molecule has 0 N–H and O–H groups in total. The average Bonchev–Trinajstić information content (AvgIpc) is 2.53. The van der Waals surface area contributed by atoms with Crippen LogP contribution in [0.5, 0.6) is 0 Å². The van der Waals surface area contributed by atoms with Gasteiger partial charge in [-0.1, -0.05) is 6.08 Å². The van der Waals surface area contributed by atoms with E-state index < -0.39 is 6.17 Å². The van der Waals surface area contributed by atoms with E-state index in [4.69, 9.17) is 0 Å². The third-order valence-electron chi connectivity index (χ3n) is 2.24. The third kappa shape index (κ3) is 1.74. The maximum absolute atomic E-state index is 12.7. The summed E-state index contributed by atoms with van der Waals surface area (Å²) in [4.78, 5) is 4.18. The van der Waals surface area contributed by atoms with Gasteiger partial charge in [-0.2, -0.15) is 0 Å². The molecule has 1 aliphatic heterocycles. The van der Waals surface area contributed by atoms with Gasteiger partial charge < -0.3 is 9.80 Å². The molecule has 1 heterocycles. The Hall–Kier alpha value is -1.25. The highest BCUT2D eigenvalue weighted by Crippen LogP contribution is 2.19. The van der Waals surface area contributed by atoms with Crippen molar-refractivity contribution in [3.8, 4) is 0 Å². The monoisotopic (exact) mass is 180 g/mol. The first-order chi connectivity index (χ1) is 6.25. The van der Waals surface area contributed by atoms with Crippen molar-refractivity contribution in [3.63, 3.8) is 0 Å². The number of allylic oxidation sites excluding steroid dienone is 3. The zero-order chi connectivity index (χ0) is 9.26. The van der Waals surface area contributed by atoms with Crippen LogP contribution in [0.25, 0.3) is 0 Å². The normalized spacial score (nSPS) is 26.9. The Labute approximate surface area is 77.6 Å². The maximum atomic E-state index is 12.7. The highest BCUT2D eigenvalue weighted by Gasteiger charge is 2.14. The molecule has 0 radical (unpaired) electrons. The largest absolute Gasteiger partial charge is 0.361 e. The molecule has 2 nitrogen and oxygen atoms in total. The van der Waals surface area contributed by atoms with Crippen molar-refractivity contribution in [2.75, 3.05) is 13.7 Å². The molecule has 1 aliphatic carbocycles.